The van der Waals surface area contributed by atoms with E-state index in [1.807, 2.05) is 57.2 Å². The second-order valence-electron chi connectivity index (χ2n) is 8.30. The first-order chi connectivity index (χ1) is 16.1. The molecule has 0 fully saturated rings. The fraction of sp³-hybridized carbons (Fsp3) is 0.231. The van der Waals surface area contributed by atoms with Crippen molar-refractivity contribution in [2.45, 2.75) is 38.0 Å². The Morgan fingerprint density at radius 3 is 2.29 bits per heavy atom. The number of hydrogen-bond donors (Lipinski definition) is 2. The molecule has 178 valence electrons. The Hall–Kier alpha value is -3.52. The molecule has 3 aromatic carbocycles. The van der Waals surface area contributed by atoms with Crippen LogP contribution in [0.4, 0.5) is 4.39 Å². The van der Waals surface area contributed by atoms with E-state index in [9.17, 15) is 13.4 Å². The van der Waals surface area contributed by atoms with Gasteiger partial charge < -0.3 is 16.2 Å². The molecule has 2 atom stereocenters. The molecule has 0 aliphatic carbocycles. The molecule has 0 spiro atoms. The van der Waals surface area contributed by atoms with Gasteiger partial charge in [0.25, 0.3) is 6.02 Å². The van der Waals surface area contributed by atoms with E-state index in [0.29, 0.717) is 5.56 Å². The lowest BCUT2D eigenvalue weighted by Crippen LogP contribution is -2.43. The van der Waals surface area contributed by atoms with E-state index < -0.39 is 27.7 Å². The molecule has 8 heteroatoms. The van der Waals surface area contributed by atoms with Crippen LogP contribution in [-0.4, -0.2) is 21.7 Å². The van der Waals surface area contributed by atoms with E-state index in [1.54, 1.807) is 30.3 Å². The van der Waals surface area contributed by atoms with Crippen molar-refractivity contribution in [3.63, 3.8) is 0 Å². The molecule has 0 aromatic heterocycles. The molecule has 1 heterocycles. The van der Waals surface area contributed by atoms with Crippen molar-refractivity contribution in [2.24, 2.45) is 15.9 Å². The molecule has 3 aromatic rings. The summed E-state index contributed by atoms with van der Waals surface area (Å²) in [6.07, 6.45) is 0.771. The predicted octanol–water partition coefficient (Wildman–Crippen LogP) is 4.67. The van der Waals surface area contributed by atoms with Gasteiger partial charge in [-0.15, -0.1) is 4.40 Å². The predicted molar refractivity (Wildman–Crippen MR) is 134 cm³/mol. The van der Waals surface area contributed by atoms with Gasteiger partial charge in [-0.25, -0.2) is 8.60 Å². The molecular formula is C26H28FN3O3S. The average Bonchev–Trinajstić information content (AvgIpc) is 2.79. The number of benzene rings is 3. The van der Waals surface area contributed by atoms with Crippen LogP contribution in [-0.2, 0) is 22.1 Å². The minimum absolute atomic E-state index is 0.0560. The molecule has 0 radical (unpaired) electrons. The number of nitrogens with zero attached hydrogens (tertiary/aromatic N) is 1. The van der Waals surface area contributed by atoms with E-state index in [0.717, 1.165) is 28.7 Å². The van der Waals surface area contributed by atoms with Crippen LogP contribution >= 0.6 is 0 Å². The second kappa shape index (κ2) is 10.6. The second-order valence-corrected chi connectivity index (χ2v) is 9.51. The molecule has 34 heavy (non-hydrogen) atoms. The summed E-state index contributed by atoms with van der Waals surface area (Å²) in [7, 11) is -1.51. The van der Waals surface area contributed by atoms with Gasteiger partial charge in [0.05, 0.1) is 0 Å². The van der Waals surface area contributed by atoms with Gasteiger partial charge in [0.2, 0.25) is 5.91 Å². The highest BCUT2D eigenvalue weighted by Crippen LogP contribution is 2.38. The molecule has 6 nitrogen and oxygen atoms in total. The summed E-state index contributed by atoms with van der Waals surface area (Å²) in [4.78, 5) is 11.3. The van der Waals surface area contributed by atoms with E-state index >= 15 is 0 Å². The van der Waals surface area contributed by atoms with E-state index in [-0.39, 0.29) is 11.8 Å². The number of nitrogens with two attached hydrogens (primary N) is 2. The molecule has 2 unspecified atom stereocenters. The Kier molecular flexibility index (Phi) is 7.83. The molecule has 0 bridgehead atoms. The van der Waals surface area contributed by atoms with Gasteiger partial charge in [0.1, 0.15) is 16.7 Å². The summed E-state index contributed by atoms with van der Waals surface area (Å²) in [5.41, 5.74) is 14.1. The van der Waals surface area contributed by atoms with Crippen LogP contribution in [0.2, 0.25) is 0 Å². The van der Waals surface area contributed by atoms with Gasteiger partial charge in [-0.3, -0.25) is 4.79 Å². The normalized spacial score (nSPS) is 18.6. The van der Waals surface area contributed by atoms with E-state index in [4.69, 9.17) is 16.2 Å². The van der Waals surface area contributed by atoms with Gasteiger partial charge in [0.15, 0.2) is 11.0 Å². The zero-order valence-corrected chi connectivity index (χ0v) is 20.1. The smallest absolute Gasteiger partial charge is 0.296 e. The molecule has 1 amide bonds. The van der Waals surface area contributed by atoms with Crippen LogP contribution in [0.1, 0.15) is 47.5 Å². The van der Waals surface area contributed by atoms with Crippen molar-refractivity contribution >= 4 is 22.9 Å². The maximum Gasteiger partial charge on any atom is 0.296 e. The van der Waals surface area contributed by atoms with Crippen molar-refractivity contribution in [3.05, 3.63) is 95.3 Å². The highest BCUT2D eigenvalue weighted by Gasteiger charge is 2.41. The highest BCUT2D eigenvalue weighted by molar-refractivity contribution is 7.84. The summed E-state index contributed by atoms with van der Waals surface area (Å²) in [6.45, 7) is 5.61. The Bertz CT molecular complexity index is 1230. The van der Waals surface area contributed by atoms with Crippen LogP contribution in [0, 0.1) is 5.82 Å². The first kappa shape index (κ1) is 25.1. The molecular weight excluding hydrogens is 453 g/mol. The summed E-state index contributed by atoms with van der Waals surface area (Å²) in [5, 5.41) is -0.425. The highest BCUT2D eigenvalue weighted by atomic mass is 32.2. The number of rotatable bonds is 4. The number of carbonyl (C=O) groups is 1. The fourth-order valence-corrected chi connectivity index (χ4v) is 4.97. The number of primary amides is 1. The van der Waals surface area contributed by atoms with Gasteiger partial charge in [-0.1, -0.05) is 61.5 Å². The number of hydrogen-bond acceptors (Lipinski definition) is 4. The fourth-order valence-electron chi connectivity index (χ4n) is 3.73. The average molecular weight is 482 g/mol. The van der Waals surface area contributed by atoms with Crippen molar-refractivity contribution in [2.75, 3.05) is 0 Å². The lowest BCUT2D eigenvalue weighted by Gasteiger charge is -2.35. The summed E-state index contributed by atoms with van der Waals surface area (Å²) >= 11 is 0. The largest absolute Gasteiger partial charge is 0.457 e. The third-order valence-corrected chi connectivity index (χ3v) is 7.02. The van der Waals surface area contributed by atoms with E-state index in [1.165, 1.54) is 6.07 Å². The first-order valence-corrected chi connectivity index (χ1v) is 12.0. The summed E-state index contributed by atoms with van der Waals surface area (Å²) in [6, 6.07) is 21.5. The quantitative estimate of drug-likeness (QED) is 0.565. The first-order valence-electron chi connectivity index (χ1n) is 10.8. The molecule has 1 aliphatic heterocycles. The monoisotopic (exact) mass is 481 g/mol. The van der Waals surface area contributed by atoms with Crippen molar-refractivity contribution in [1.29, 1.82) is 0 Å². The molecule has 4 rings (SSSR count). The van der Waals surface area contributed by atoms with Crippen LogP contribution in [0.25, 0.3) is 11.1 Å². The Balaban J connectivity index is 0.000000302. The maximum atomic E-state index is 12.6. The Morgan fingerprint density at radius 1 is 1.06 bits per heavy atom. The lowest BCUT2D eigenvalue weighted by atomic mass is 9.95. The topological polar surface area (TPSA) is 108 Å². The minimum atomic E-state index is -1.51. The zero-order valence-electron chi connectivity index (χ0n) is 19.3. The minimum Gasteiger partial charge on any atom is -0.457 e. The van der Waals surface area contributed by atoms with Crippen LogP contribution in [0.5, 0.6) is 0 Å². The SMILES string of the molecule is CC1(C)OC(N)=NS(=O)C1c1ccc(-c2cccc(C(N)=O)c2)cc1.CCc1ccccc1F. The number of halogens is 1. The van der Waals surface area contributed by atoms with Gasteiger partial charge in [-0.2, -0.15) is 0 Å². The number of ether oxygens (including phenoxy) is 1. The number of amides is 1. The number of amidine groups is 1. The van der Waals surface area contributed by atoms with Gasteiger partial charge in [0, 0.05) is 5.56 Å². The van der Waals surface area contributed by atoms with Gasteiger partial charge in [-0.05, 0) is 60.7 Å². The Morgan fingerprint density at radius 2 is 1.74 bits per heavy atom. The Labute approximate surface area is 201 Å². The third kappa shape index (κ3) is 5.88. The summed E-state index contributed by atoms with van der Waals surface area (Å²) in [5.74, 6) is -0.564. The van der Waals surface area contributed by atoms with Crippen LogP contribution in [0.15, 0.2) is 77.2 Å². The lowest BCUT2D eigenvalue weighted by molar-refractivity contribution is 0.0848. The molecule has 0 saturated heterocycles. The van der Waals surface area contributed by atoms with Crippen LogP contribution < -0.4 is 11.5 Å². The number of aryl methyl sites for hydroxylation is 1. The van der Waals surface area contributed by atoms with Crippen molar-refractivity contribution in [3.8, 4) is 11.1 Å². The number of carbonyl (C=O) groups excluding carboxylic acids is 1. The van der Waals surface area contributed by atoms with Crippen LogP contribution in [0.3, 0.4) is 0 Å². The molecule has 1 aliphatic rings. The molecule has 4 N–H and O–H groups in total. The maximum absolute atomic E-state index is 12.6. The van der Waals surface area contributed by atoms with E-state index in [2.05, 4.69) is 4.40 Å². The van der Waals surface area contributed by atoms with Gasteiger partial charge >= 0.3 is 0 Å². The van der Waals surface area contributed by atoms with Crippen molar-refractivity contribution in [1.82, 2.24) is 0 Å². The molecule has 0 saturated carbocycles. The third-order valence-electron chi connectivity index (χ3n) is 5.41. The summed E-state index contributed by atoms with van der Waals surface area (Å²) < 4.78 is 34.4. The van der Waals surface area contributed by atoms with Crippen molar-refractivity contribution < 1.29 is 18.1 Å². The zero-order chi connectivity index (χ0) is 24.9. The standard InChI is InChI=1S/C18H19N3O3S.C8H9F/c1-18(2)15(25(23)21-17(20)24-18)12-8-6-11(7-9-12)13-4-3-5-14(10-13)16(19)22;1-2-7-5-3-4-6-8(7)9/h3-10,15H,1-2H3,(H2,19,22)(H2,20,21);3-6H,2H2,1H3.